The lowest BCUT2D eigenvalue weighted by Crippen LogP contribution is -2.57. The van der Waals surface area contributed by atoms with Crippen molar-refractivity contribution in [2.24, 2.45) is 12.8 Å². The van der Waals surface area contributed by atoms with E-state index >= 15 is 0 Å². The fourth-order valence-electron chi connectivity index (χ4n) is 5.00. The van der Waals surface area contributed by atoms with E-state index in [9.17, 15) is 14.4 Å². The minimum Gasteiger partial charge on any atom is -0.481 e. The van der Waals surface area contributed by atoms with Gasteiger partial charge in [-0.1, -0.05) is 30.3 Å². The third kappa shape index (κ3) is 6.82. The molecule has 2 aromatic carbocycles. The van der Waals surface area contributed by atoms with Crippen LogP contribution in [-0.4, -0.2) is 62.4 Å². The van der Waals surface area contributed by atoms with Gasteiger partial charge in [-0.15, -0.1) is 12.4 Å². The molecule has 10 nitrogen and oxygen atoms in total. The van der Waals surface area contributed by atoms with Gasteiger partial charge < -0.3 is 25.6 Å². The molecule has 1 atom stereocenters. The fraction of sp³-hybridized carbons (Fsp3) is 0.393. The molecule has 11 heteroatoms. The summed E-state index contributed by atoms with van der Waals surface area (Å²) in [6.07, 6.45) is 2.52. The van der Waals surface area contributed by atoms with Crippen LogP contribution in [0.5, 0.6) is 0 Å². The summed E-state index contributed by atoms with van der Waals surface area (Å²) in [4.78, 5) is 44.1. The molecule has 0 radical (unpaired) electrons. The largest absolute Gasteiger partial charge is 0.481 e. The van der Waals surface area contributed by atoms with E-state index in [1.165, 1.54) is 0 Å². The number of nitrogens with two attached hydrogens (primary N) is 1. The molecule has 5 N–H and O–H groups in total. The van der Waals surface area contributed by atoms with Gasteiger partial charge in [0, 0.05) is 38.7 Å². The van der Waals surface area contributed by atoms with Crippen LogP contribution < -0.4 is 16.6 Å². The number of hydrogen-bond acceptors (Lipinski definition) is 6. The van der Waals surface area contributed by atoms with Crippen molar-refractivity contribution in [3.63, 3.8) is 0 Å². The van der Waals surface area contributed by atoms with Gasteiger partial charge in [0.05, 0.1) is 23.0 Å². The van der Waals surface area contributed by atoms with Crippen LogP contribution in [0, 0.1) is 5.41 Å². The molecule has 1 aromatic heterocycles. The van der Waals surface area contributed by atoms with Crippen molar-refractivity contribution < 1.29 is 14.7 Å². The number of hydrogen-bond donors (Lipinski definition) is 4. The average Bonchev–Trinajstić information content (AvgIpc) is 3.41. The van der Waals surface area contributed by atoms with Crippen molar-refractivity contribution in [1.82, 2.24) is 19.8 Å². The molecule has 0 saturated carbocycles. The van der Waals surface area contributed by atoms with Crippen molar-refractivity contribution in [3.05, 3.63) is 75.2 Å². The second-order valence-electron chi connectivity index (χ2n) is 10.1. The number of amides is 1. The predicted molar refractivity (Wildman–Crippen MR) is 153 cm³/mol. The Hall–Kier alpha value is -3.76. The Kier molecular flexibility index (Phi) is 9.47. The van der Waals surface area contributed by atoms with Crippen molar-refractivity contribution in [3.8, 4) is 0 Å². The number of carboxylic acids is 1. The van der Waals surface area contributed by atoms with Crippen LogP contribution >= 0.6 is 12.4 Å². The highest BCUT2D eigenvalue weighted by atomic mass is 35.5. The quantitative estimate of drug-likeness (QED) is 0.221. The van der Waals surface area contributed by atoms with Crippen LogP contribution in [-0.2, 0) is 29.5 Å². The first-order valence-corrected chi connectivity index (χ1v) is 12.8. The predicted octanol–water partition coefficient (Wildman–Crippen LogP) is 2.22. The third-order valence-electron chi connectivity index (χ3n) is 7.12. The minimum absolute atomic E-state index is 0. The summed E-state index contributed by atoms with van der Waals surface area (Å²) in [7, 11) is 1.71. The number of aliphatic carboxylic acids is 1. The number of carbonyl (C=O) groups is 2. The molecule has 0 aliphatic carbocycles. The zero-order valence-corrected chi connectivity index (χ0v) is 23.0. The van der Waals surface area contributed by atoms with Gasteiger partial charge in [0.15, 0.2) is 0 Å². The van der Waals surface area contributed by atoms with Gasteiger partial charge in [-0.3, -0.25) is 19.8 Å². The first-order valence-electron chi connectivity index (χ1n) is 12.8. The monoisotopic (exact) mass is 554 g/mol. The Morgan fingerprint density at radius 3 is 2.38 bits per heavy atom. The van der Waals surface area contributed by atoms with E-state index in [0.717, 1.165) is 24.0 Å². The number of amidine groups is 1. The number of nitrogen functional groups attached to an aromatic ring is 1. The molecule has 208 valence electrons. The molecule has 1 unspecified atom stereocenters. The Balaban J connectivity index is 0.00000420. The van der Waals surface area contributed by atoms with Gasteiger partial charge >= 0.3 is 5.97 Å². The lowest BCUT2D eigenvalue weighted by molar-refractivity contribution is -0.139. The number of carboxylic acid groups (broad SMARTS) is 1. The van der Waals surface area contributed by atoms with Crippen LogP contribution in [0.15, 0.2) is 47.3 Å². The van der Waals surface area contributed by atoms with Crippen molar-refractivity contribution >= 4 is 41.2 Å². The van der Waals surface area contributed by atoms with Gasteiger partial charge in [-0.2, -0.15) is 0 Å². The highest BCUT2D eigenvalue weighted by molar-refractivity contribution is 5.94. The molecular formula is C28H35ClN6O4. The molecule has 1 amide bonds. The summed E-state index contributed by atoms with van der Waals surface area (Å²) in [5.41, 5.74) is 8.43. The van der Waals surface area contributed by atoms with Gasteiger partial charge in [0.2, 0.25) is 5.91 Å². The number of fused-ring (bicyclic) bond motifs is 1. The van der Waals surface area contributed by atoms with E-state index in [4.69, 9.17) is 21.2 Å². The number of aromatic nitrogens is 2. The smallest absolute Gasteiger partial charge is 0.304 e. The van der Waals surface area contributed by atoms with E-state index in [0.29, 0.717) is 48.2 Å². The van der Waals surface area contributed by atoms with Gasteiger partial charge in [-0.05, 0) is 49.4 Å². The lowest BCUT2D eigenvalue weighted by atomic mass is 9.90. The summed E-state index contributed by atoms with van der Waals surface area (Å²) in [6.45, 7) is 3.41. The maximum absolute atomic E-state index is 13.5. The maximum Gasteiger partial charge on any atom is 0.304 e. The number of rotatable bonds is 10. The summed E-state index contributed by atoms with van der Waals surface area (Å²) < 4.78 is 1.57. The molecule has 1 saturated heterocycles. The molecule has 4 rings (SSSR count). The SMILES string of the molecule is Cl.Cn1c(=O)c(Cc2ccc(C(=N)N)cc2)nc2cc(CC(C)(NCCC(=O)O)C(=O)N3CCCC3)ccc21. The number of nitrogens with one attached hydrogen (secondary N) is 2. The number of carbonyl (C=O) groups excluding carboxylic acids is 1. The Morgan fingerprint density at radius 2 is 1.77 bits per heavy atom. The molecule has 1 fully saturated rings. The number of benzene rings is 2. The minimum atomic E-state index is -0.977. The lowest BCUT2D eigenvalue weighted by Gasteiger charge is -2.34. The highest BCUT2D eigenvalue weighted by Crippen LogP contribution is 2.22. The van der Waals surface area contributed by atoms with Crippen LogP contribution in [0.2, 0.25) is 0 Å². The first kappa shape index (κ1) is 29.8. The first-order chi connectivity index (χ1) is 18.1. The van der Waals surface area contributed by atoms with Gasteiger partial charge in [0.1, 0.15) is 11.5 Å². The van der Waals surface area contributed by atoms with Crippen molar-refractivity contribution in [2.75, 3.05) is 19.6 Å². The number of nitrogens with zero attached hydrogens (tertiary/aromatic N) is 3. The van der Waals surface area contributed by atoms with Gasteiger partial charge in [0.25, 0.3) is 5.56 Å². The fourth-order valence-corrected chi connectivity index (χ4v) is 5.00. The third-order valence-corrected chi connectivity index (χ3v) is 7.12. The zero-order chi connectivity index (χ0) is 27.4. The molecule has 3 aromatic rings. The summed E-state index contributed by atoms with van der Waals surface area (Å²) in [5.74, 6) is -0.979. The van der Waals surface area contributed by atoms with E-state index in [1.54, 1.807) is 23.7 Å². The molecule has 1 aliphatic heterocycles. The summed E-state index contributed by atoms with van der Waals surface area (Å²) in [5, 5.41) is 19.9. The normalized spacial score (nSPS) is 14.6. The van der Waals surface area contributed by atoms with Crippen LogP contribution in [0.25, 0.3) is 11.0 Å². The summed E-state index contributed by atoms with van der Waals surface area (Å²) >= 11 is 0. The molecule has 0 bridgehead atoms. The Morgan fingerprint density at radius 1 is 1.13 bits per heavy atom. The van der Waals surface area contributed by atoms with Gasteiger partial charge in [-0.25, -0.2) is 4.98 Å². The highest BCUT2D eigenvalue weighted by Gasteiger charge is 2.37. The standard InChI is InChI=1S/C28H34N6O4.ClH/c1-28(31-12-11-24(35)36,27(38)34-13-3-4-14-34)17-19-7-10-23-21(16-19)32-22(26(37)33(23)2)15-18-5-8-20(9-6-18)25(29)30;/h5-10,16,31H,3-4,11-15,17H2,1-2H3,(H3,29,30)(H,35,36);1H. The number of halogens is 1. The average molecular weight is 555 g/mol. The zero-order valence-electron chi connectivity index (χ0n) is 22.2. The number of aryl methyl sites for hydroxylation is 1. The molecule has 39 heavy (non-hydrogen) atoms. The van der Waals surface area contributed by atoms with Crippen molar-refractivity contribution in [2.45, 2.75) is 44.6 Å². The van der Waals surface area contributed by atoms with E-state index in [2.05, 4.69) is 5.32 Å². The molecular weight excluding hydrogens is 520 g/mol. The Labute approximate surface area is 233 Å². The van der Waals surface area contributed by atoms with E-state index in [-0.39, 0.29) is 42.7 Å². The second kappa shape index (κ2) is 12.4. The van der Waals surface area contributed by atoms with E-state index < -0.39 is 11.5 Å². The topological polar surface area (TPSA) is 154 Å². The van der Waals surface area contributed by atoms with Crippen LogP contribution in [0.4, 0.5) is 0 Å². The number of likely N-dealkylation sites (tertiary alicyclic amines) is 1. The second-order valence-corrected chi connectivity index (χ2v) is 10.1. The Bertz CT molecular complexity index is 1430. The molecule has 0 spiro atoms. The molecule has 2 heterocycles. The van der Waals surface area contributed by atoms with E-state index in [1.807, 2.05) is 42.2 Å². The van der Waals surface area contributed by atoms with Crippen LogP contribution in [0.3, 0.4) is 0 Å². The molecule has 1 aliphatic rings. The summed E-state index contributed by atoms with van der Waals surface area (Å²) in [6, 6.07) is 12.8. The maximum atomic E-state index is 13.5. The van der Waals surface area contributed by atoms with Crippen molar-refractivity contribution in [1.29, 1.82) is 5.41 Å². The van der Waals surface area contributed by atoms with Crippen LogP contribution in [0.1, 0.15) is 48.6 Å².